The largest absolute Gasteiger partial charge is 0.496 e. The zero-order valence-electron chi connectivity index (χ0n) is 11.4. The number of nitro groups is 1. The summed E-state index contributed by atoms with van der Waals surface area (Å²) in [6.07, 6.45) is 1.25. The number of aromatic nitrogens is 2. The van der Waals surface area contributed by atoms with Gasteiger partial charge in [-0.1, -0.05) is 0 Å². The SMILES string of the molecule is COc1ccc([N+](=O)[O-])cc1Cn1c(C(=O)O)cnc1C. The van der Waals surface area contributed by atoms with Crippen LogP contribution in [0.3, 0.4) is 0 Å². The Hall–Kier alpha value is -2.90. The van der Waals surface area contributed by atoms with Gasteiger partial charge in [-0.3, -0.25) is 10.1 Å². The van der Waals surface area contributed by atoms with Crippen molar-refractivity contribution in [1.29, 1.82) is 0 Å². The van der Waals surface area contributed by atoms with E-state index in [0.29, 0.717) is 17.1 Å². The van der Waals surface area contributed by atoms with Gasteiger partial charge < -0.3 is 14.4 Å². The minimum atomic E-state index is -1.11. The standard InChI is InChI=1S/C13H13N3O5/c1-8-14-6-11(13(17)18)15(8)7-9-5-10(16(19)20)3-4-12(9)21-2/h3-6H,7H2,1-2H3,(H,17,18). The highest BCUT2D eigenvalue weighted by atomic mass is 16.6. The van der Waals surface area contributed by atoms with Crippen molar-refractivity contribution in [1.82, 2.24) is 9.55 Å². The molecule has 0 bridgehead atoms. The number of rotatable bonds is 5. The smallest absolute Gasteiger partial charge is 0.354 e. The minimum Gasteiger partial charge on any atom is -0.496 e. The second-order valence-electron chi connectivity index (χ2n) is 4.34. The Morgan fingerprint density at radius 3 is 2.81 bits per heavy atom. The number of aromatic carboxylic acids is 1. The Kier molecular flexibility index (Phi) is 3.88. The molecule has 0 saturated heterocycles. The maximum absolute atomic E-state index is 11.2. The van der Waals surface area contributed by atoms with Crippen molar-refractivity contribution in [3.63, 3.8) is 0 Å². The predicted molar refractivity (Wildman–Crippen MR) is 72.7 cm³/mol. The van der Waals surface area contributed by atoms with E-state index in [1.54, 1.807) is 6.92 Å². The van der Waals surface area contributed by atoms with Crippen LogP contribution in [0.5, 0.6) is 5.75 Å². The Morgan fingerprint density at radius 2 is 2.24 bits per heavy atom. The molecule has 0 aliphatic heterocycles. The van der Waals surface area contributed by atoms with E-state index < -0.39 is 10.9 Å². The molecular formula is C13H13N3O5. The average molecular weight is 291 g/mol. The fourth-order valence-electron chi connectivity index (χ4n) is 2.01. The molecule has 0 atom stereocenters. The van der Waals surface area contributed by atoms with Crippen LogP contribution >= 0.6 is 0 Å². The minimum absolute atomic E-state index is 0.0149. The van der Waals surface area contributed by atoms with Gasteiger partial charge in [0.15, 0.2) is 0 Å². The number of ether oxygens (including phenoxy) is 1. The van der Waals surface area contributed by atoms with Gasteiger partial charge in [0.05, 0.1) is 24.8 Å². The number of nitro benzene ring substituents is 1. The van der Waals surface area contributed by atoms with Gasteiger partial charge in [-0.15, -0.1) is 0 Å². The first-order valence-electron chi connectivity index (χ1n) is 6.00. The van der Waals surface area contributed by atoms with Crippen LogP contribution in [-0.4, -0.2) is 32.7 Å². The third-order valence-corrected chi connectivity index (χ3v) is 3.08. The number of non-ortho nitro benzene ring substituents is 1. The first-order valence-corrected chi connectivity index (χ1v) is 6.00. The number of benzene rings is 1. The molecule has 0 radical (unpaired) electrons. The molecule has 1 heterocycles. The molecule has 0 spiro atoms. The molecule has 0 saturated carbocycles. The maximum atomic E-state index is 11.2. The van der Waals surface area contributed by atoms with Crippen LogP contribution in [0.4, 0.5) is 5.69 Å². The molecule has 2 rings (SSSR count). The van der Waals surface area contributed by atoms with E-state index in [4.69, 9.17) is 9.84 Å². The lowest BCUT2D eigenvalue weighted by Crippen LogP contribution is -2.11. The molecule has 0 aliphatic carbocycles. The summed E-state index contributed by atoms with van der Waals surface area (Å²) in [5.74, 6) is -0.161. The van der Waals surface area contributed by atoms with Gasteiger partial charge in [0.1, 0.15) is 17.3 Å². The van der Waals surface area contributed by atoms with Crippen LogP contribution < -0.4 is 4.74 Å². The highest BCUT2D eigenvalue weighted by molar-refractivity contribution is 5.85. The van der Waals surface area contributed by atoms with Crippen LogP contribution in [0.2, 0.25) is 0 Å². The molecule has 1 N–H and O–H groups in total. The van der Waals surface area contributed by atoms with Crippen LogP contribution in [0, 0.1) is 17.0 Å². The first-order chi connectivity index (χ1) is 9.93. The van der Waals surface area contributed by atoms with E-state index in [9.17, 15) is 14.9 Å². The summed E-state index contributed by atoms with van der Waals surface area (Å²) in [4.78, 5) is 25.4. The van der Waals surface area contributed by atoms with Gasteiger partial charge in [0, 0.05) is 17.7 Å². The summed E-state index contributed by atoms with van der Waals surface area (Å²) in [6.45, 7) is 1.79. The van der Waals surface area contributed by atoms with Gasteiger partial charge in [0.2, 0.25) is 0 Å². The molecule has 1 aromatic heterocycles. The van der Waals surface area contributed by atoms with Gasteiger partial charge in [0.25, 0.3) is 5.69 Å². The number of hydrogen-bond acceptors (Lipinski definition) is 5. The van der Waals surface area contributed by atoms with Crippen molar-refractivity contribution in [3.05, 3.63) is 51.6 Å². The number of carboxylic acid groups (broad SMARTS) is 1. The summed E-state index contributed by atoms with van der Waals surface area (Å²) >= 11 is 0. The van der Waals surface area contributed by atoms with Crippen molar-refractivity contribution in [2.75, 3.05) is 7.11 Å². The zero-order chi connectivity index (χ0) is 15.6. The number of carboxylic acids is 1. The topological polar surface area (TPSA) is 107 Å². The summed E-state index contributed by atoms with van der Waals surface area (Å²) in [5.41, 5.74) is 0.441. The van der Waals surface area contributed by atoms with Crippen molar-refractivity contribution in [2.24, 2.45) is 0 Å². The molecule has 21 heavy (non-hydrogen) atoms. The fourth-order valence-corrected chi connectivity index (χ4v) is 2.01. The monoisotopic (exact) mass is 291 g/mol. The third-order valence-electron chi connectivity index (χ3n) is 3.08. The van der Waals surface area contributed by atoms with Gasteiger partial charge >= 0.3 is 5.97 Å². The van der Waals surface area contributed by atoms with Crippen LogP contribution in [0.15, 0.2) is 24.4 Å². The molecule has 8 heteroatoms. The van der Waals surface area contributed by atoms with Crippen molar-refractivity contribution >= 4 is 11.7 Å². The highest BCUT2D eigenvalue weighted by Gasteiger charge is 2.17. The molecule has 2 aromatic rings. The van der Waals surface area contributed by atoms with Crippen LogP contribution in [0.1, 0.15) is 21.9 Å². The quantitative estimate of drug-likeness (QED) is 0.665. The summed E-state index contributed by atoms with van der Waals surface area (Å²) in [6, 6.07) is 4.19. The lowest BCUT2D eigenvalue weighted by Gasteiger charge is -2.11. The van der Waals surface area contributed by atoms with E-state index in [-0.39, 0.29) is 17.9 Å². The Bertz CT molecular complexity index is 708. The van der Waals surface area contributed by atoms with Crippen LogP contribution in [0.25, 0.3) is 0 Å². The Balaban J connectivity index is 2.48. The molecule has 0 aliphatic rings. The number of aryl methyl sites for hydroxylation is 1. The Morgan fingerprint density at radius 1 is 1.52 bits per heavy atom. The number of nitrogens with zero attached hydrogens (tertiary/aromatic N) is 3. The highest BCUT2D eigenvalue weighted by Crippen LogP contribution is 2.25. The first kappa shape index (κ1) is 14.5. The maximum Gasteiger partial charge on any atom is 0.354 e. The number of methoxy groups -OCH3 is 1. The predicted octanol–water partition coefficient (Wildman–Crippen LogP) is 1.85. The van der Waals surface area contributed by atoms with Crippen molar-refractivity contribution in [3.8, 4) is 5.75 Å². The molecular weight excluding hydrogens is 278 g/mol. The van der Waals surface area contributed by atoms with E-state index in [1.165, 1.54) is 36.1 Å². The van der Waals surface area contributed by atoms with Gasteiger partial charge in [-0.25, -0.2) is 9.78 Å². The lowest BCUT2D eigenvalue weighted by atomic mass is 10.1. The molecule has 1 aromatic carbocycles. The second kappa shape index (κ2) is 5.61. The second-order valence-corrected chi connectivity index (χ2v) is 4.34. The summed E-state index contributed by atoms with van der Waals surface area (Å²) in [7, 11) is 1.45. The van der Waals surface area contributed by atoms with Crippen molar-refractivity contribution < 1.29 is 19.6 Å². The fraction of sp³-hybridized carbons (Fsp3) is 0.231. The van der Waals surface area contributed by atoms with Crippen LogP contribution in [-0.2, 0) is 6.54 Å². The molecule has 0 fully saturated rings. The molecule has 8 nitrogen and oxygen atoms in total. The number of carbonyl (C=O) groups is 1. The summed E-state index contributed by atoms with van der Waals surface area (Å²) in [5, 5.41) is 20.0. The van der Waals surface area contributed by atoms with Gasteiger partial charge in [-0.2, -0.15) is 0 Å². The number of imidazole rings is 1. The number of hydrogen-bond donors (Lipinski definition) is 1. The van der Waals surface area contributed by atoms with E-state index >= 15 is 0 Å². The van der Waals surface area contributed by atoms with E-state index in [0.717, 1.165) is 0 Å². The normalized spacial score (nSPS) is 10.4. The van der Waals surface area contributed by atoms with E-state index in [2.05, 4.69) is 4.98 Å². The third kappa shape index (κ3) is 2.83. The zero-order valence-corrected chi connectivity index (χ0v) is 11.4. The molecule has 0 unspecified atom stereocenters. The molecule has 110 valence electrons. The summed E-state index contributed by atoms with van der Waals surface area (Å²) < 4.78 is 6.63. The van der Waals surface area contributed by atoms with Gasteiger partial charge in [-0.05, 0) is 13.0 Å². The molecule has 0 amide bonds. The Labute approximate surface area is 119 Å². The van der Waals surface area contributed by atoms with Crippen molar-refractivity contribution in [2.45, 2.75) is 13.5 Å². The lowest BCUT2D eigenvalue weighted by molar-refractivity contribution is -0.384. The average Bonchev–Trinajstić information content (AvgIpc) is 2.80. The van der Waals surface area contributed by atoms with E-state index in [1.807, 2.05) is 0 Å².